The average Bonchev–Trinajstić information content (AvgIpc) is 2.79. The fraction of sp³-hybridized carbons (Fsp3) is 0.560. The largest absolute Gasteiger partial charge is 0.320 e. The van der Waals surface area contributed by atoms with Gasteiger partial charge in [-0.25, -0.2) is 4.98 Å². The van der Waals surface area contributed by atoms with Gasteiger partial charge in [0.05, 0.1) is 11.6 Å². The van der Waals surface area contributed by atoms with Crippen LogP contribution in [0.4, 0.5) is 0 Å². The molecular formula is C25H32N4O2S. The van der Waals surface area contributed by atoms with Crippen LogP contribution in [0.2, 0.25) is 0 Å². The summed E-state index contributed by atoms with van der Waals surface area (Å²) in [5.41, 5.74) is 13.5. The van der Waals surface area contributed by atoms with E-state index < -0.39 is 11.9 Å². The number of benzene rings is 1. The summed E-state index contributed by atoms with van der Waals surface area (Å²) in [7, 11) is 0. The number of pyridine rings is 1. The number of aromatic nitrogens is 1. The molecule has 1 heterocycles. The molecule has 6 nitrogen and oxygen atoms in total. The van der Waals surface area contributed by atoms with Crippen molar-refractivity contribution in [2.45, 2.75) is 56.4 Å². The molecule has 1 atom stereocenters. The molecule has 170 valence electrons. The highest BCUT2D eigenvalue weighted by molar-refractivity contribution is 7.98. The second-order valence-corrected chi connectivity index (χ2v) is 11.1. The molecule has 1 aromatic heterocycles. The van der Waals surface area contributed by atoms with Crippen molar-refractivity contribution in [3.05, 3.63) is 41.6 Å². The summed E-state index contributed by atoms with van der Waals surface area (Å²) in [6.45, 7) is 0. The van der Waals surface area contributed by atoms with Gasteiger partial charge >= 0.3 is 0 Å². The minimum absolute atomic E-state index is 0.149. The maximum absolute atomic E-state index is 13.0. The number of para-hydroxylation sites is 1. The molecule has 4 bridgehead atoms. The number of hydrogen-bond donors (Lipinski definition) is 3. The first kappa shape index (κ1) is 21.7. The Balaban J connectivity index is 1.42. The highest BCUT2D eigenvalue weighted by Crippen LogP contribution is 2.61. The first-order chi connectivity index (χ1) is 15.5. The third-order valence-corrected chi connectivity index (χ3v) is 8.47. The van der Waals surface area contributed by atoms with E-state index in [1.54, 1.807) is 11.8 Å². The number of fused-ring (bicyclic) bond motifs is 1. The molecule has 4 N–H and O–H groups in total. The maximum atomic E-state index is 13.0. The number of rotatable bonds is 6. The molecule has 6 rings (SSSR count). The molecule has 1 aromatic carbocycles. The number of carbonyl (C=O) groups excluding carboxylic acids is 2. The van der Waals surface area contributed by atoms with Gasteiger partial charge in [0.25, 0.3) is 11.8 Å². The zero-order valence-electron chi connectivity index (χ0n) is 18.6. The second kappa shape index (κ2) is 8.67. The summed E-state index contributed by atoms with van der Waals surface area (Å²) >= 11 is 1.64. The zero-order chi connectivity index (χ0) is 22.3. The number of hydrogen-bond acceptors (Lipinski definition) is 5. The van der Waals surface area contributed by atoms with Gasteiger partial charge in [-0.1, -0.05) is 18.2 Å². The Morgan fingerprint density at radius 2 is 1.78 bits per heavy atom. The van der Waals surface area contributed by atoms with Gasteiger partial charge in [-0.05, 0) is 97.8 Å². The standard InChI is InChI=1S/C25H32N4O2S/c1-32-7-6-20(26)23(30)28-29-24(31)22-11-19(18-4-2-3-5-21(18)27-22)25-12-15-8-16(13-25)10-17(9-15)14-25/h2-5,11,15-17,20H,6-10,12-14,26H2,1H3,(H,28,30)(H,29,31)/t15?,16?,17?,20-,25?/m0/s1. The van der Waals surface area contributed by atoms with Gasteiger partial charge in [0.15, 0.2) is 0 Å². The molecule has 0 spiro atoms. The van der Waals surface area contributed by atoms with E-state index in [0.29, 0.717) is 12.1 Å². The Kier molecular flexibility index (Phi) is 5.88. The zero-order valence-corrected chi connectivity index (χ0v) is 19.4. The number of thioether (sulfide) groups is 1. The van der Waals surface area contributed by atoms with Crippen molar-refractivity contribution in [3.8, 4) is 0 Å². The molecule has 0 radical (unpaired) electrons. The minimum atomic E-state index is -0.644. The van der Waals surface area contributed by atoms with Crippen LogP contribution < -0.4 is 16.6 Å². The van der Waals surface area contributed by atoms with Crippen LogP contribution in [0.3, 0.4) is 0 Å². The molecular weight excluding hydrogens is 420 g/mol. The van der Waals surface area contributed by atoms with Crippen LogP contribution in [0.25, 0.3) is 10.9 Å². The van der Waals surface area contributed by atoms with Crippen LogP contribution in [0, 0.1) is 17.8 Å². The SMILES string of the molecule is CSCC[C@H](N)C(=O)NNC(=O)c1cc(C23CC4CC(CC(C4)C2)C3)c2ccccc2n1. The predicted octanol–water partition coefficient (Wildman–Crippen LogP) is 3.54. The van der Waals surface area contributed by atoms with Crippen molar-refractivity contribution in [2.24, 2.45) is 23.5 Å². The summed E-state index contributed by atoms with van der Waals surface area (Å²) in [6, 6.07) is 9.49. The summed E-state index contributed by atoms with van der Waals surface area (Å²) in [5, 5.41) is 1.16. The molecule has 7 heteroatoms. The van der Waals surface area contributed by atoms with Crippen LogP contribution in [0.15, 0.2) is 30.3 Å². The quantitative estimate of drug-likeness (QED) is 0.583. The fourth-order valence-corrected chi connectivity index (χ4v) is 7.31. The van der Waals surface area contributed by atoms with Gasteiger partial charge in [-0.15, -0.1) is 0 Å². The third-order valence-electron chi connectivity index (χ3n) is 7.83. The smallest absolute Gasteiger partial charge is 0.288 e. The monoisotopic (exact) mass is 452 g/mol. The molecule has 2 aromatic rings. The first-order valence-corrected chi connectivity index (χ1v) is 13.1. The number of carbonyl (C=O) groups is 2. The first-order valence-electron chi connectivity index (χ1n) is 11.7. The summed E-state index contributed by atoms with van der Waals surface area (Å²) < 4.78 is 0. The Labute approximate surface area is 193 Å². The van der Waals surface area contributed by atoms with Gasteiger partial charge in [0, 0.05) is 5.39 Å². The highest BCUT2D eigenvalue weighted by atomic mass is 32.2. The van der Waals surface area contributed by atoms with Gasteiger partial charge < -0.3 is 5.73 Å². The van der Waals surface area contributed by atoms with Crippen LogP contribution in [-0.2, 0) is 10.2 Å². The molecule has 4 fully saturated rings. The van der Waals surface area contributed by atoms with Crippen molar-refractivity contribution >= 4 is 34.5 Å². The van der Waals surface area contributed by atoms with E-state index in [1.807, 2.05) is 24.5 Å². The van der Waals surface area contributed by atoms with Crippen molar-refractivity contribution < 1.29 is 9.59 Å². The molecule has 2 amide bonds. The molecule has 0 aliphatic heterocycles. The van der Waals surface area contributed by atoms with Crippen molar-refractivity contribution in [2.75, 3.05) is 12.0 Å². The normalized spacial score (nSPS) is 29.1. The summed E-state index contributed by atoms with van der Waals surface area (Å²) in [4.78, 5) is 29.8. The lowest BCUT2D eigenvalue weighted by atomic mass is 9.48. The van der Waals surface area contributed by atoms with E-state index in [4.69, 9.17) is 5.73 Å². The summed E-state index contributed by atoms with van der Waals surface area (Å²) in [6.07, 6.45) is 10.3. The van der Waals surface area contributed by atoms with E-state index in [0.717, 1.165) is 34.4 Å². The van der Waals surface area contributed by atoms with Gasteiger partial charge in [0.1, 0.15) is 5.69 Å². The van der Waals surface area contributed by atoms with E-state index in [2.05, 4.69) is 28.0 Å². The number of nitrogens with one attached hydrogen (secondary N) is 2. The minimum Gasteiger partial charge on any atom is -0.320 e. The topological polar surface area (TPSA) is 97.1 Å². The molecule has 32 heavy (non-hydrogen) atoms. The van der Waals surface area contributed by atoms with Crippen LogP contribution in [0.5, 0.6) is 0 Å². The number of nitrogens with zero attached hydrogens (tertiary/aromatic N) is 1. The second-order valence-electron chi connectivity index (χ2n) is 10.1. The van der Waals surface area contributed by atoms with Crippen molar-refractivity contribution in [1.82, 2.24) is 15.8 Å². The number of nitrogens with two attached hydrogens (primary N) is 1. The van der Waals surface area contributed by atoms with Crippen LogP contribution >= 0.6 is 11.8 Å². The number of amides is 2. The fourth-order valence-electron chi connectivity index (χ4n) is 6.82. The Morgan fingerprint density at radius 1 is 1.12 bits per heavy atom. The average molecular weight is 453 g/mol. The highest BCUT2D eigenvalue weighted by Gasteiger charge is 2.52. The van der Waals surface area contributed by atoms with Gasteiger partial charge in [-0.2, -0.15) is 11.8 Å². The molecule has 0 unspecified atom stereocenters. The van der Waals surface area contributed by atoms with E-state index >= 15 is 0 Å². The van der Waals surface area contributed by atoms with Crippen molar-refractivity contribution in [1.29, 1.82) is 0 Å². The van der Waals surface area contributed by atoms with Gasteiger partial charge in [-0.3, -0.25) is 20.4 Å². The molecule has 4 aliphatic carbocycles. The van der Waals surface area contributed by atoms with E-state index in [9.17, 15) is 9.59 Å². The molecule has 4 saturated carbocycles. The lowest BCUT2D eigenvalue weighted by Crippen LogP contribution is -2.50. The summed E-state index contributed by atoms with van der Waals surface area (Å²) in [5.74, 6) is 2.46. The molecule has 4 aliphatic rings. The number of hydrazine groups is 1. The van der Waals surface area contributed by atoms with Crippen LogP contribution in [0.1, 0.15) is 61.0 Å². The van der Waals surface area contributed by atoms with E-state index in [-0.39, 0.29) is 11.3 Å². The maximum Gasteiger partial charge on any atom is 0.288 e. The third kappa shape index (κ3) is 4.01. The van der Waals surface area contributed by atoms with E-state index in [1.165, 1.54) is 44.1 Å². The lowest BCUT2D eigenvalue weighted by Gasteiger charge is -2.57. The Bertz CT molecular complexity index is 1000. The lowest BCUT2D eigenvalue weighted by molar-refractivity contribution is -0.123. The Morgan fingerprint density at radius 3 is 2.44 bits per heavy atom. The van der Waals surface area contributed by atoms with Crippen LogP contribution in [-0.4, -0.2) is 34.8 Å². The molecule has 0 saturated heterocycles. The predicted molar refractivity (Wildman–Crippen MR) is 128 cm³/mol. The van der Waals surface area contributed by atoms with Gasteiger partial charge in [0.2, 0.25) is 0 Å². The Hall–Kier alpha value is -2.12. The van der Waals surface area contributed by atoms with Crippen molar-refractivity contribution in [3.63, 3.8) is 0 Å².